The number of benzene rings is 1. The third-order valence-electron chi connectivity index (χ3n) is 2.88. The smallest absolute Gasteiger partial charge is 0.343 e. The fourth-order valence-electron chi connectivity index (χ4n) is 1.86. The topological polar surface area (TPSA) is 83.7 Å². The third-order valence-corrected chi connectivity index (χ3v) is 3.92. The maximum atomic E-state index is 11.7. The molecule has 1 heterocycles. The van der Waals surface area contributed by atoms with Crippen LogP contribution in [-0.4, -0.2) is 28.5 Å². The van der Waals surface area contributed by atoms with E-state index in [9.17, 15) is 4.79 Å². The number of ether oxygens (including phenoxy) is 1. The third kappa shape index (κ3) is 4.21. The van der Waals surface area contributed by atoms with Gasteiger partial charge in [0.25, 0.3) is 0 Å². The van der Waals surface area contributed by atoms with Crippen LogP contribution in [0.2, 0.25) is 0 Å². The van der Waals surface area contributed by atoms with Crippen LogP contribution < -0.4 is 5.69 Å². The van der Waals surface area contributed by atoms with Crippen LogP contribution in [0.25, 0.3) is 0 Å². The molecule has 0 spiro atoms. The van der Waals surface area contributed by atoms with Gasteiger partial charge in [0.1, 0.15) is 0 Å². The van der Waals surface area contributed by atoms with E-state index in [1.165, 1.54) is 11.8 Å². The Kier molecular flexibility index (Phi) is 5.60. The first-order valence-corrected chi connectivity index (χ1v) is 7.49. The molecule has 1 N–H and O–H groups in total. The minimum Gasteiger partial charge on any atom is -0.385 e. The monoisotopic (exact) mass is 304 g/mol. The maximum absolute atomic E-state index is 11.7. The summed E-state index contributed by atoms with van der Waals surface area (Å²) in [5.74, 6) is 0.657. The van der Waals surface area contributed by atoms with E-state index < -0.39 is 0 Å². The van der Waals surface area contributed by atoms with E-state index in [1.807, 2.05) is 18.2 Å². The first kappa shape index (κ1) is 15.4. The summed E-state index contributed by atoms with van der Waals surface area (Å²) in [6, 6.07) is 9.53. The molecule has 0 aliphatic carbocycles. The number of hydrogen-bond donors (Lipinski definition) is 1. The van der Waals surface area contributed by atoms with Gasteiger partial charge in [0, 0.05) is 26.0 Å². The molecule has 0 aliphatic rings. The summed E-state index contributed by atoms with van der Waals surface area (Å²) in [7, 11) is 1.63. The summed E-state index contributed by atoms with van der Waals surface area (Å²) in [5.41, 5.74) is 1.45. The first-order chi connectivity index (χ1) is 10.2. The fourth-order valence-corrected chi connectivity index (χ4v) is 2.77. The van der Waals surface area contributed by atoms with E-state index in [4.69, 9.17) is 10.00 Å². The van der Waals surface area contributed by atoms with Gasteiger partial charge in [-0.05, 0) is 24.1 Å². The van der Waals surface area contributed by atoms with Crippen LogP contribution >= 0.6 is 11.8 Å². The predicted octanol–water partition coefficient (Wildman–Crippen LogP) is 1.77. The second-order valence-corrected chi connectivity index (χ2v) is 5.35. The van der Waals surface area contributed by atoms with Gasteiger partial charge in [-0.3, -0.25) is 4.57 Å². The van der Waals surface area contributed by atoms with E-state index >= 15 is 0 Å². The molecular weight excluding hydrogens is 288 g/mol. The predicted molar refractivity (Wildman–Crippen MR) is 80.1 cm³/mol. The molecule has 0 amide bonds. The number of rotatable bonds is 7. The Morgan fingerprint density at radius 2 is 2.38 bits per heavy atom. The molecule has 21 heavy (non-hydrogen) atoms. The highest BCUT2D eigenvalue weighted by Crippen LogP contribution is 2.20. The molecule has 110 valence electrons. The van der Waals surface area contributed by atoms with Gasteiger partial charge in [-0.25, -0.2) is 9.89 Å². The molecule has 1 aromatic carbocycles. The van der Waals surface area contributed by atoms with Crippen molar-refractivity contribution in [3.63, 3.8) is 0 Å². The lowest BCUT2D eigenvalue weighted by Gasteiger charge is -2.05. The van der Waals surface area contributed by atoms with Crippen LogP contribution in [-0.2, 0) is 17.0 Å². The molecule has 0 bridgehead atoms. The van der Waals surface area contributed by atoms with Gasteiger partial charge in [0.05, 0.1) is 11.6 Å². The van der Waals surface area contributed by atoms with Gasteiger partial charge in [0.2, 0.25) is 0 Å². The zero-order valence-electron chi connectivity index (χ0n) is 11.7. The lowest BCUT2D eigenvalue weighted by atomic mass is 10.2. The number of thioether (sulfide) groups is 1. The molecule has 2 aromatic rings. The van der Waals surface area contributed by atoms with Crippen LogP contribution in [0.5, 0.6) is 0 Å². The van der Waals surface area contributed by atoms with Gasteiger partial charge in [-0.15, -0.1) is 5.10 Å². The van der Waals surface area contributed by atoms with Crippen molar-refractivity contribution in [3.05, 3.63) is 45.9 Å². The Balaban J connectivity index is 2.03. The highest BCUT2D eigenvalue weighted by Gasteiger charge is 2.09. The van der Waals surface area contributed by atoms with Crippen LogP contribution in [0.15, 0.2) is 34.2 Å². The van der Waals surface area contributed by atoms with Crippen LogP contribution in [0.1, 0.15) is 17.5 Å². The largest absolute Gasteiger partial charge is 0.385 e. The second kappa shape index (κ2) is 7.67. The van der Waals surface area contributed by atoms with E-state index in [2.05, 4.69) is 16.3 Å². The first-order valence-electron chi connectivity index (χ1n) is 6.50. The van der Waals surface area contributed by atoms with Crippen molar-refractivity contribution in [2.75, 3.05) is 13.7 Å². The number of aromatic amines is 1. The molecule has 0 fully saturated rings. The molecule has 1 aromatic heterocycles. The van der Waals surface area contributed by atoms with Crippen molar-refractivity contribution in [1.82, 2.24) is 14.8 Å². The molecule has 0 saturated heterocycles. The van der Waals surface area contributed by atoms with Gasteiger partial charge >= 0.3 is 5.69 Å². The van der Waals surface area contributed by atoms with Gasteiger partial charge < -0.3 is 4.74 Å². The Morgan fingerprint density at radius 1 is 1.52 bits per heavy atom. The molecule has 0 saturated carbocycles. The number of H-pyrrole nitrogens is 1. The Labute approximate surface area is 126 Å². The Morgan fingerprint density at radius 3 is 3.14 bits per heavy atom. The fraction of sp³-hybridized carbons (Fsp3) is 0.357. The van der Waals surface area contributed by atoms with Crippen molar-refractivity contribution in [2.45, 2.75) is 23.9 Å². The minimum atomic E-state index is -0.209. The minimum absolute atomic E-state index is 0.209. The Hall–Kier alpha value is -2.04. The normalized spacial score (nSPS) is 10.5. The highest BCUT2D eigenvalue weighted by atomic mass is 32.2. The summed E-state index contributed by atoms with van der Waals surface area (Å²) >= 11 is 1.47. The van der Waals surface area contributed by atoms with Crippen LogP contribution in [0, 0.1) is 11.3 Å². The molecule has 7 heteroatoms. The summed E-state index contributed by atoms with van der Waals surface area (Å²) in [4.78, 5) is 11.7. The summed E-state index contributed by atoms with van der Waals surface area (Å²) < 4.78 is 6.60. The molecule has 0 atom stereocenters. The second-order valence-electron chi connectivity index (χ2n) is 4.41. The Bertz CT molecular complexity index is 687. The number of hydrogen-bond acceptors (Lipinski definition) is 5. The number of nitrogens with zero attached hydrogens (tertiary/aromatic N) is 3. The standard InChI is InChI=1S/C14H16N4O2S/c1-20-7-3-6-18-13(19)16-17-14(18)21-10-12-5-2-4-11(8-12)9-15/h2,4-5,8H,3,6-7,10H2,1H3,(H,16,19). The van der Waals surface area contributed by atoms with Crippen molar-refractivity contribution < 1.29 is 4.74 Å². The molecule has 0 aliphatic heterocycles. The molecule has 2 rings (SSSR count). The maximum Gasteiger partial charge on any atom is 0.343 e. The van der Waals surface area contributed by atoms with E-state index in [1.54, 1.807) is 17.7 Å². The van der Waals surface area contributed by atoms with E-state index in [0.717, 1.165) is 12.0 Å². The average molecular weight is 304 g/mol. The molecular formula is C14H16N4O2S. The van der Waals surface area contributed by atoms with Crippen LogP contribution in [0.4, 0.5) is 0 Å². The zero-order valence-corrected chi connectivity index (χ0v) is 12.5. The highest BCUT2D eigenvalue weighted by molar-refractivity contribution is 7.98. The number of nitriles is 1. The lowest BCUT2D eigenvalue weighted by molar-refractivity contribution is 0.189. The van der Waals surface area contributed by atoms with Gasteiger partial charge in [0.15, 0.2) is 5.16 Å². The average Bonchev–Trinajstić information content (AvgIpc) is 2.86. The number of methoxy groups -OCH3 is 1. The van der Waals surface area contributed by atoms with E-state index in [-0.39, 0.29) is 5.69 Å². The van der Waals surface area contributed by atoms with Gasteiger partial charge in [-0.2, -0.15) is 5.26 Å². The van der Waals surface area contributed by atoms with Crippen molar-refractivity contribution in [3.8, 4) is 6.07 Å². The molecule has 6 nitrogen and oxygen atoms in total. The van der Waals surface area contributed by atoms with E-state index in [0.29, 0.717) is 29.6 Å². The number of nitrogens with one attached hydrogen (secondary N) is 1. The van der Waals surface area contributed by atoms with Crippen molar-refractivity contribution in [2.24, 2.45) is 0 Å². The summed E-state index contributed by atoms with van der Waals surface area (Å²) in [6.07, 6.45) is 0.757. The van der Waals surface area contributed by atoms with Crippen molar-refractivity contribution >= 4 is 11.8 Å². The molecule has 0 unspecified atom stereocenters. The zero-order chi connectivity index (χ0) is 15.1. The SMILES string of the molecule is COCCCn1c(SCc2cccc(C#N)c2)n[nH]c1=O. The van der Waals surface area contributed by atoms with Crippen LogP contribution in [0.3, 0.4) is 0 Å². The molecule has 0 radical (unpaired) electrons. The van der Waals surface area contributed by atoms with Crippen molar-refractivity contribution in [1.29, 1.82) is 5.26 Å². The van der Waals surface area contributed by atoms with Gasteiger partial charge in [-0.1, -0.05) is 23.9 Å². The lowest BCUT2D eigenvalue weighted by Crippen LogP contribution is -2.18. The number of aromatic nitrogens is 3. The quantitative estimate of drug-likeness (QED) is 0.622. The summed E-state index contributed by atoms with van der Waals surface area (Å²) in [5, 5.41) is 16.0. The summed E-state index contributed by atoms with van der Waals surface area (Å²) in [6.45, 7) is 1.18.